The van der Waals surface area contributed by atoms with Crippen LogP contribution in [-0.4, -0.2) is 0 Å². The van der Waals surface area contributed by atoms with E-state index in [0.717, 1.165) is 12.8 Å². The molecular weight excluding hydrogens is 259 g/mol. The molecule has 2 fully saturated rings. The maximum Gasteiger partial charge on any atom is 4.00 e. The molecular formula is C14H28Zr. The van der Waals surface area contributed by atoms with E-state index in [-0.39, 0.29) is 26.2 Å². The summed E-state index contributed by atoms with van der Waals surface area (Å²) in [5.41, 5.74) is 0. The van der Waals surface area contributed by atoms with Gasteiger partial charge >= 0.3 is 26.2 Å². The molecule has 2 aliphatic carbocycles. The first-order chi connectivity index (χ1) is 6.83. The Kier molecular flexibility index (Phi) is 34.2. The summed E-state index contributed by atoms with van der Waals surface area (Å²) in [6, 6.07) is 0. The fourth-order valence-corrected chi connectivity index (χ4v) is 0. The predicted molar refractivity (Wildman–Crippen MR) is 67.6 cm³/mol. The second kappa shape index (κ2) is 24.2. The maximum atomic E-state index is 3.60. The largest absolute Gasteiger partial charge is 4.00 e. The van der Waals surface area contributed by atoms with Gasteiger partial charge in [0.2, 0.25) is 0 Å². The van der Waals surface area contributed by atoms with Crippen molar-refractivity contribution in [3.8, 4) is 0 Å². The summed E-state index contributed by atoms with van der Waals surface area (Å²) < 4.78 is 0. The van der Waals surface area contributed by atoms with Crippen molar-refractivity contribution in [2.45, 2.75) is 65.2 Å². The van der Waals surface area contributed by atoms with Gasteiger partial charge in [0.15, 0.2) is 0 Å². The van der Waals surface area contributed by atoms with Crippen LogP contribution in [0.5, 0.6) is 0 Å². The van der Waals surface area contributed by atoms with E-state index in [0.29, 0.717) is 0 Å². The third kappa shape index (κ3) is 104. The second-order valence-electron chi connectivity index (χ2n) is 3.44. The van der Waals surface area contributed by atoms with Crippen molar-refractivity contribution in [3.63, 3.8) is 0 Å². The average molecular weight is 288 g/mol. The molecule has 0 nitrogen and oxygen atoms in total. The standard InChI is InChI=1S/2C4H9.2C3H5.Zr/c2*1-3-4-2;2*1-2-3-1;/h2*1,3-4H2,2H3;2*1H,2-3H2;/q4*-1;+4. The quantitative estimate of drug-likeness (QED) is 0.612. The number of rotatable bonds is 2. The number of unbranched alkanes of at least 4 members (excludes halogenated alkanes) is 2. The molecule has 1 heteroatoms. The van der Waals surface area contributed by atoms with Gasteiger partial charge in [-0.3, -0.25) is 0 Å². The third-order valence-electron chi connectivity index (χ3n) is 1.28. The van der Waals surface area contributed by atoms with Crippen LogP contribution in [0.15, 0.2) is 0 Å². The van der Waals surface area contributed by atoms with Crippen LogP contribution in [0.25, 0.3) is 0 Å². The molecule has 0 spiro atoms. The van der Waals surface area contributed by atoms with Gasteiger partial charge < -0.3 is 26.7 Å². The summed E-state index contributed by atoms with van der Waals surface area (Å²) in [7, 11) is 0. The fraction of sp³-hybridized carbons (Fsp3) is 0.714. The van der Waals surface area contributed by atoms with Gasteiger partial charge in [0.25, 0.3) is 0 Å². The van der Waals surface area contributed by atoms with E-state index < -0.39 is 0 Å². The smallest absolute Gasteiger partial charge is 0.343 e. The molecule has 2 rings (SSSR count). The molecule has 0 unspecified atom stereocenters. The zero-order valence-corrected chi connectivity index (χ0v) is 13.2. The summed E-state index contributed by atoms with van der Waals surface area (Å²) in [5.74, 6) is 0. The summed E-state index contributed by atoms with van der Waals surface area (Å²) >= 11 is 0. The Bertz CT molecular complexity index is 48.2. The minimum absolute atomic E-state index is 0. The Balaban J connectivity index is -0.000000125. The van der Waals surface area contributed by atoms with Gasteiger partial charge in [-0.25, -0.2) is 25.7 Å². The molecule has 0 N–H and O–H groups in total. The van der Waals surface area contributed by atoms with Crippen LogP contribution in [0.4, 0.5) is 0 Å². The van der Waals surface area contributed by atoms with Gasteiger partial charge in [0.05, 0.1) is 0 Å². The molecule has 2 aliphatic rings. The van der Waals surface area contributed by atoms with Crippen molar-refractivity contribution in [2.24, 2.45) is 0 Å². The zero-order chi connectivity index (χ0) is 11.1. The Labute approximate surface area is 118 Å². The molecule has 0 atom stereocenters. The van der Waals surface area contributed by atoms with E-state index in [9.17, 15) is 0 Å². The molecule has 0 heterocycles. The summed E-state index contributed by atoms with van der Waals surface area (Å²) in [5, 5.41) is 0. The Morgan fingerprint density at radius 1 is 0.800 bits per heavy atom. The van der Waals surface area contributed by atoms with Crippen molar-refractivity contribution >= 4 is 0 Å². The Morgan fingerprint density at radius 3 is 0.933 bits per heavy atom. The van der Waals surface area contributed by atoms with Crippen LogP contribution in [0, 0.1) is 26.7 Å². The van der Waals surface area contributed by atoms with Crippen LogP contribution in [0.2, 0.25) is 0 Å². The minimum Gasteiger partial charge on any atom is -0.343 e. The molecule has 0 aromatic carbocycles. The van der Waals surface area contributed by atoms with Crippen molar-refractivity contribution in [3.05, 3.63) is 26.7 Å². The molecule has 88 valence electrons. The molecule has 0 amide bonds. The fourth-order valence-electron chi connectivity index (χ4n) is 0. The Hall–Kier alpha value is 0.883. The second-order valence-corrected chi connectivity index (χ2v) is 3.44. The average Bonchev–Trinajstić information content (AvgIpc) is 3.09. The van der Waals surface area contributed by atoms with E-state index >= 15 is 0 Å². The summed E-state index contributed by atoms with van der Waals surface area (Å²) in [6.45, 7) is 11.4. The van der Waals surface area contributed by atoms with Gasteiger partial charge in [0, 0.05) is 0 Å². The summed E-state index contributed by atoms with van der Waals surface area (Å²) in [6.07, 6.45) is 14.6. The molecule has 0 radical (unpaired) electrons. The maximum absolute atomic E-state index is 3.60. The van der Waals surface area contributed by atoms with Gasteiger partial charge in [-0.1, -0.05) is 26.7 Å². The first kappa shape index (κ1) is 21.2. The van der Waals surface area contributed by atoms with Crippen molar-refractivity contribution in [1.29, 1.82) is 0 Å². The van der Waals surface area contributed by atoms with Crippen LogP contribution in [0.1, 0.15) is 65.2 Å². The van der Waals surface area contributed by atoms with E-state index in [1.807, 2.05) is 0 Å². The van der Waals surface area contributed by atoms with E-state index in [1.165, 1.54) is 38.5 Å². The van der Waals surface area contributed by atoms with E-state index in [2.05, 4.69) is 40.5 Å². The van der Waals surface area contributed by atoms with Crippen molar-refractivity contribution in [2.75, 3.05) is 0 Å². The van der Waals surface area contributed by atoms with Crippen LogP contribution < -0.4 is 0 Å². The van der Waals surface area contributed by atoms with E-state index in [1.54, 1.807) is 0 Å². The van der Waals surface area contributed by atoms with Crippen LogP contribution in [-0.2, 0) is 26.2 Å². The monoisotopic (exact) mass is 286 g/mol. The zero-order valence-electron chi connectivity index (χ0n) is 10.7. The number of hydrogen-bond acceptors (Lipinski definition) is 0. The molecule has 0 aromatic rings. The van der Waals surface area contributed by atoms with Crippen molar-refractivity contribution in [1.82, 2.24) is 0 Å². The Morgan fingerprint density at radius 2 is 0.933 bits per heavy atom. The van der Waals surface area contributed by atoms with Gasteiger partial charge in [-0.2, -0.15) is 12.8 Å². The normalized spacial score (nSPS) is 13.6. The first-order valence-electron chi connectivity index (χ1n) is 6.05. The molecule has 0 aromatic heterocycles. The minimum atomic E-state index is 0. The van der Waals surface area contributed by atoms with Gasteiger partial charge in [-0.15, -0.1) is 0 Å². The molecule has 0 bridgehead atoms. The van der Waals surface area contributed by atoms with Gasteiger partial charge in [0.1, 0.15) is 0 Å². The molecule has 2 saturated carbocycles. The molecule has 0 aliphatic heterocycles. The molecule has 15 heavy (non-hydrogen) atoms. The SMILES string of the molecule is [CH-]1CC1.[CH-]1CC1.[CH2-]CCC.[CH2-]CCC.[Zr+4]. The van der Waals surface area contributed by atoms with Crippen LogP contribution >= 0.6 is 0 Å². The van der Waals surface area contributed by atoms with Crippen molar-refractivity contribution < 1.29 is 26.2 Å². The predicted octanol–water partition coefficient (Wildman–Crippen LogP) is 5.21. The van der Waals surface area contributed by atoms with Crippen LogP contribution in [0.3, 0.4) is 0 Å². The van der Waals surface area contributed by atoms with E-state index in [4.69, 9.17) is 0 Å². The van der Waals surface area contributed by atoms with Gasteiger partial charge in [-0.05, 0) is 0 Å². The summed E-state index contributed by atoms with van der Waals surface area (Å²) in [4.78, 5) is 0. The molecule has 0 saturated heterocycles. The topological polar surface area (TPSA) is 0 Å². The number of hydrogen-bond donors (Lipinski definition) is 0. The third-order valence-corrected chi connectivity index (χ3v) is 1.28. The first-order valence-corrected chi connectivity index (χ1v) is 6.05.